The molecule has 16 heavy (non-hydrogen) atoms. The summed E-state index contributed by atoms with van der Waals surface area (Å²) in [6.45, 7) is 10.8. The highest BCUT2D eigenvalue weighted by Gasteiger charge is 2.16. The van der Waals surface area contributed by atoms with Gasteiger partial charge in [-0.15, -0.1) is 0 Å². The summed E-state index contributed by atoms with van der Waals surface area (Å²) in [6.07, 6.45) is 1.56. The average molecular weight is 220 g/mol. The Morgan fingerprint density at radius 1 is 1.19 bits per heavy atom. The quantitative estimate of drug-likeness (QED) is 0.810. The van der Waals surface area contributed by atoms with E-state index in [2.05, 4.69) is 40.7 Å². The van der Waals surface area contributed by atoms with E-state index in [9.17, 15) is 5.11 Å². The van der Waals surface area contributed by atoms with Crippen molar-refractivity contribution in [3.8, 4) is 0 Å². The van der Waals surface area contributed by atoms with Crippen LogP contribution in [-0.4, -0.2) is 5.11 Å². The van der Waals surface area contributed by atoms with Crippen molar-refractivity contribution in [3.63, 3.8) is 0 Å². The van der Waals surface area contributed by atoms with Gasteiger partial charge < -0.3 is 5.11 Å². The van der Waals surface area contributed by atoms with Gasteiger partial charge in [0.25, 0.3) is 0 Å². The fourth-order valence-corrected chi connectivity index (χ4v) is 1.86. The van der Waals surface area contributed by atoms with Crippen LogP contribution in [0.15, 0.2) is 18.2 Å². The normalized spacial score (nSPS) is 13.9. The minimum atomic E-state index is -0.320. The van der Waals surface area contributed by atoms with Gasteiger partial charge in [0.15, 0.2) is 0 Å². The Kier molecular flexibility index (Phi) is 4.15. The molecular weight excluding hydrogens is 196 g/mol. The Labute approximate surface area is 99.5 Å². The van der Waals surface area contributed by atoms with Crippen LogP contribution in [0.4, 0.5) is 0 Å². The second-order valence-corrected chi connectivity index (χ2v) is 5.90. The van der Waals surface area contributed by atoms with Gasteiger partial charge in [-0.2, -0.15) is 0 Å². The van der Waals surface area contributed by atoms with Crippen molar-refractivity contribution in [2.45, 2.75) is 53.6 Å². The third-order valence-corrected chi connectivity index (χ3v) is 3.17. The summed E-state index contributed by atoms with van der Waals surface area (Å²) in [7, 11) is 0. The molecule has 1 nitrogen and oxygen atoms in total. The molecule has 0 radical (unpaired) electrons. The van der Waals surface area contributed by atoms with Gasteiger partial charge >= 0.3 is 0 Å². The van der Waals surface area contributed by atoms with Crippen molar-refractivity contribution >= 4 is 0 Å². The van der Waals surface area contributed by atoms with E-state index in [0.717, 1.165) is 18.4 Å². The van der Waals surface area contributed by atoms with Crippen LogP contribution >= 0.6 is 0 Å². The van der Waals surface area contributed by atoms with Crippen LogP contribution in [0.1, 0.15) is 56.4 Å². The van der Waals surface area contributed by atoms with Gasteiger partial charge in [0, 0.05) is 0 Å². The molecule has 1 N–H and O–H groups in total. The van der Waals surface area contributed by atoms with E-state index in [1.807, 2.05) is 12.1 Å². The lowest BCUT2D eigenvalue weighted by molar-refractivity contribution is 0.147. The Balaban J connectivity index is 2.73. The highest BCUT2D eigenvalue weighted by Crippen LogP contribution is 2.29. The number of rotatable bonds is 3. The molecule has 1 atom stereocenters. The molecule has 0 spiro atoms. The zero-order valence-corrected chi connectivity index (χ0v) is 11.2. The number of benzene rings is 1. The smallest absolute Gasteiger partial charge is 0.0792 e. The maximum Gasteiger partial charge on any atom is 0.0792 e. The van der Waals surface area contributed by atoms with Crippen LogP contribution in [-0.2, 0) is 0 Å². The topological polar surface area (TPSA) is 20.2 Å². The van der Waals surface area contributed by atoms with Gasteiger partial charge in [-0.1, -0.05) is 39.0 Å². The van der Waals surface area contributed by atoms with Crippen molar-refractivity contribution in [2.75, 3.05) is 0 Å². The van der Waals surface area contributed by atoms with Gasteiger partial charge in [0.05, 0.1) is 6.10 Å². The van der Waals surface area contributed by atoms with Crippen molar-refractivity contribution in [1.82, 2.24) is 0 Å². The van der Waals surface area contributed by atoms with Gasteiger partial charge in [-0.05, 0) is 48.8 Å². The maximum absolute atomic E-state index is 10.2. The standard InChI is InChI=1S/C15H24O/c1-11-7-6-8-13(12(11)2)14(16)9-10-15(3,4)5/h6-8,14,16H,9-10H2,1-5H3. The van der Waals surface area contributed by atoms with Gasteiger partial charge in [0.1, 0.15) is 0 Å². The first-order valence-electron chi connectivity index (χ1n) is 6.05. The van der Waals surface area contributed by atoms with Crippen molar-refractivity contribution < 1.29 is 5.11 Å². The van der Waals surface area contributed by atoms with E-state index in [0.29, 0.717) is 5.41 Å². The van der Waals surface area contributed by atoms with E-state index >= 15 is 0 Å². The van der Waals surface area contributed by atoms with Crippen LogP contribution in [0.2, 0.25) is 0 Å². The first-order chi connectivity index (χ1) is 7.31. The lowest BCUT2D eigenvalue weighted by Gasteiger charge is -2.21. The molecule has 0 aromatic heterocycles. The van der Waals surface area contributed by atoms with Gasteiger partial charge in [0.2, 0.25) is 0 Å². The Bertz CT molecular complexity index is 347. The molecule has 0 heterocycles. The second kappa shape index (κ2) is 5.01. The molecule has 1 heteroatoms. The number of aliphatic hydroxyl groups excluding tert-OH is 1. The molecule has 0 aliphatic rings. The van der Waals surface area contributed by atoms with Crippen LogP contribution in [0, 0.1) is 19.3 Å². The molecule has 0 saturated carbocycles. The van der Waals surface area contributed by atoms with E-state index in [-0.39, 0.29) is 6.10 Å². The molecule has 1 aromatic carbocycles. The van der Waals surface area contributed by atoms with Crippen LogP contribution in [0.25, 0.3) is 0 Å². The Hall–Kier alpha value is -0.820. The third-order valence-electron chi connectivity index (χ3n) is 3.17. The molecule has 1 rings (SSSR count). The molecule has 0 fully saturated rings. The molecular formula is C15H24O. The zero-order chi connectivity index (χ0) is 12.3. The van der Waals surface area contributed by atoms with E-state index in [1.54, 1.807) is 0 Å². The van der Waals surface area contributed by atoms with Crippen LogP contribution in [0.5, 0.6) is 0 Å². The Morgan fingerprint density at radius 2 is 1.81 bits per heavy atom. The molecule has 90 valence electrons. The van der Waals surface area contributed by atoms with E-state index < -0.39 is 0 Å². The molecule has 0 saturated heterocycles. The highest BCUT2D eigenvalue weighted by atomic mass is 16.3. The summed E-state index contributed by atoms with van der Waals surface area (Å²) in [6, 6.07) is 6.16. The lowest BCUT2D eigenvalue weighted by Crippen LogP contribution is -2.09. The molecule has 0 amide bonds. The van der Waals surface area contributed by atoms with E-state index in [4.69, 9.17) is 0 Å². The van der Waals surface area contributed by atoms with Gasteiger partial charge in [-0.3, -0.25) is 0 Å². The largest absolute Gasteiger partial charge is 0.388 e. The number of hydrogen-bond donors (Lipinski definition) is 1. The summed E-state index contributed by atoms with van der Waals surface area (Å²) >= 11 is 0. The van der Waals surface area contributed by atoms with Crippen LogP contribution in [0.3, 0.4) is 0 Å². The minimum Gasteiger partial charge on any atom is -0.388 e. The number of aliphatic hydroxyl groups is 1. The first kappa shape index (κ1) is 13.2. The zero-order valence-electron chi connectivity index (χ0n) is 11.2. The SMILES string of the molecule is Cc1cccc(C(O)CCC(C)(C)C)c1C. The molecule has 0 aliphatic carbocycles. The molecule has 0 aliphatic heterocycles. The number of hydrogen-bond acceptors (Lipinski definition) is 1. The van der Waals surface area contributed by atoms with Crippen molar-refractivity contribution in [3.05, 3.63) is 34.9 Å². The number of aryl methyl sites for hydroxylation is 1. The lowest BCUT2D eigenvalue weighted by atomic mass is 9.87. The summed E-state index contributed by atoms with van der Waals surface area (Å²) in [5.74, 6) is 0. The minimum absolute atomic E-state index is 0.290. The van der Waals surface area contributed by atoms with Crippen LogP contribution < -0.4 is 0 Å². The van der Waals surface area contributed by atoms with Gasteiger partial charge in [-0.25, -0.2) is 0 Å². The summed E-state index contributed by atoms with van der Waals surface area (Å²) in [5, 5.41) is 10.2. The van der Waals surface area contributed by atoms with E-state index in [1.165, 1.54) is 11.1 Å². The molecule has 1 unspecified atom stereocenters. The first-order valence-corrected chi connectivity index (χ1v) is 6.05. The predicted octanol–water partition coefficient (Wildman–Crippen LogP) is 4.16. The summed E-state index contributed by atoms with van der Waals surface area (Å²) in [5.41, 5.74) is 3.86. The summed E-state index contributed by atoms with van der Waals surface area (Å²) < 4.78 is 0. The van der Waals surface area contributed by atoms with Crippen molar-refractivity contribution in [2.24, 2.45) is 5.41 Å². The predicted molar refractivity (Wildman–Crippen MR) is 69.6 cm³/mol. The monoisotopic (exact) mass is 220 g/mol. The fraction of sp³-hybridized carbons (Fsp3) is 0.600. The fourth-order valence-electron chi connectivity index (χ4n) is 1.86. The maximum atomic E-state index is 10.2. The third kappa shape index (κ3) is 3.64. The second-order valence-electron chi connectivity index (χ2n) is 5.90. The molecule has 1 aromatic rings. The Morgan fingerprint density at radius 3 is 2.38 bits per heavy atom. The average Bonchev–Trinajstić information content (AvgIpc) is 2.17. The van der Waals surface area contributed by atoms with Crippen molar-refractivity contribution in [1.29, 1.82) is 0 Å². The molecule has 0 bridgehead atoms. The summed E-state index contributed by atoms with van der Waals surface area (Å²) in [4.78, 5) is 0. The highest BCUT2D eigenvalue weighted by molar-refractivity contribution is 5.34.